The van der Waals surface area contributed by atoms with Gasteiger partial charge in [0.25, 0.3) is 0 Å². The van der Waals surface area contributed by atoms with Gasteiger partial charge in [-0.3, -0.25) is 4.90 Å². The number of carboxylic acid groups (broad SMARTS) is 1. The number of carboxylic acids is 1. The molecule has 0 aromatic heterocycles. The summed E-state index contributed by atoms with van der Waals surface area (Å²) in [5, 5.41) is 11.8. The summed E-state index contributed by atoms with van der Waals surface area (Å²) >= 11 is 3.46. The molecule has 5 nitrogen and oxygen atoms in total. The van der Waals surface area contributed by atoms with Crippen LogP contribution in [-0.2, 0) is 16.8 Å². The highest BCUT2D eigenvalue weighted by Crippen LogP contribution is 2.26. The number of rotatable bonds is 8. The number of allylic oxidation sites excluding steroid dienone is 2. The van der Waals surface area contributed by atoms with Gasteiger partial charge in [-0.25, -0.2) is 9.59 Å². The third kappa shape index (κ3) is 8.46. The number of hydrogen-bond acceptors (Lipinski definition) is 2. The van der Waals surface area contributed by atoms with Crippen LogP contribution in [0, 0.1) is 0 Å². The summed E-state index contributed by atoms with van der Waals surface area (Å²) < 4.78 is 0.992. The van der Waals surface area contributed by atoms with Gasteiger partial charge in [0.2, 0.25) is 0 Å². The fourth-order valence-corrected chi connectivity index (χ4v) is 4.01. The van der Waals surface area contributed by atoms with E-state index in [1.165, 1.54) is 11.6 Å². The lowest BCUT2D eigenvalue weighted by molar-refractivity contribution is -0.131. The Morgan fingerprint density at radius 2 is 1.57 bits per heavy atom. The summed E-state index contributed by atoms with van der Waals surface area (Å²) in [7, 11) is 0. The van der Waals surface area contributed by atoms with Gasteiger partial charge in [0.1, 0.15) is 0 Å². The van der Waals surface area contributed by atoms with Gasteiger partial charge < -0.3 is 10.4 Å². The lowest BCUT2D eigenvalue weighted by Gasteiger charge is -2.27. The first-order valence-electron chi connectivity index (χ1n) is 12.1. The molecule has 0 aliphatic heterocycles. The molecule has 0 fully saturated rings. The largest absolute Gasteiger partial charge is 0.478 e. The van der Waals surface area contributed by atoms with Crippen molar-refractivity contribution in [1.29, 1.82) is 0 Å². The van der Waals surface area contributed by atoms with Crippen molar-refractivity contribution in [1.82, 2.24) is 5.32 Å². The molecule has 0 aliphatic carbocycles. The van der Waals surface area contributed by atoms with Crippen molar-refractivity contribution in [3.05, 3.63) is 118 Å². The topological polar surface area (TPSA) is 69.6 Å². The summed E-state index contributed by atoms with van der Waals surface area (Å²) in [6.45, 7) is 8.87. The molecule has 0 saturated heterocycles. The van der Waals surface area contributed by atoms with Crippen LogP contribution in [0.3, 0.4) is 0 Å². The molecular formula is C31H33BrN2O3. The van der Waals surface area contributed by atoms with E-state index >= 15 is 0 Å². The molecule has 37 heavy (non-hydrogen) atoms. The van der Waals surface area contributed by atoms with Gasteiger partial charge in [0.05, 0.1) is 12.6 Å². The summed E-state index contributed by atoms with van der Waals surface area (Å²) in [6.07, 6.45) is 6.08. The minimum atomic E-state index is -0.983. The van der Waals surface area contributed by atoms with Crippen LogP contribution in [0.15, 0.2) is 95.5 Å². The number of halogens is 1. The highest BCUT2D eigenvalue weighted by molar-refractivity contribution is 9.10. The smallest absolute Gasteiger partial charge is 0.328 e. The molecule has 0 radical (unpaired) electrons. The molecule has 3 aromatic rings. The monoisotopic (exact) mass is 560 g/mol. The van der Waals surface area contributed by atoms with Crippen LogP contribution in [0.25, 0.3) is 6.08 Å². The van der Waals surface area contributed by atoms with Crippen molar-refractivity contribution in [2.24, 2.45) is 0 Å². The van der Waals surface area contributed by atoms with Crippen LogP contribution >= 0.6 is 15.9 Å². The van der Waals surface area contributed by atoms with E-state index in [1.54, 1.807) is 11.0 Å². The Labute approximate surface area is 227 Å². The number of carbonyl (C=O) groups is 2. The summed E-state index contributed by atoms with van der Waals surface area (Å²) in [4.78, 5) is 25.9. The van der Waals surface area contributed by atoms with Gasteiger partial charge in [-0.15, -0.1) is 0 Å². The first-order chi connectivity index (χ1) is 17.5. The molecule has 1 atom stereocenters. The minimum Gasteiger partial charge on any atom is -0.478 e. The van der Waals surface area contributed by atoms with E-state index < -0.39 is 5.97 Å². The normalized spacial score (nSPS) is 12.6. The number of amides is 2. The number of aliphatic carboxylic acids is 1. The molecule has 0 aliphatic rings. The number of benzene rings is 3. The maximum atomic E-state index is 13.5. The van der Waals surface area contributed by atoms with Crippen molar-refractivity contribution < 1.29 is 14.7 Å². The number of carbonyl (C=O) groups excluding carboxylic acids is 1. The second-order valence-corrected chi connectivity index (χ2v) is 10.8. The third-order valence-corrected chi connectivity index (χ3v) is 6.49. The van der Waals surface area contributed by atoms with E-state index in [4.69, 9.17) is 5.11 Å². The number of anilines is 1. The highest BCUT2D eigenvalue weighted by atomic mass is 79.9. The molecule has 0 heterocycles. The predicted molar refractivity (Wildman–Crippen MR) is 155 cm³/mol. The fraction of sp³-hybridized carbons (Fsp3) is 0.226. The zero-order valence-corrected chi connectivity index (χ0v) is 23.2. The SMILES string of the molecule is CC(NC(=O)N(Cc1ccc(C=CC=CC(=O)O)cc1)c1ccc(C(C)(C)C)cc1)c1ccc(Br)cc1. The molecule has 2 amide bonds. The first-order valence-corrected chi connectivity index (χ1v) is 12.9. The Kier molecular flexibility index (Phi) is 9.48. The number of nitrogens with zero attached hydrogens (tertiary/aromatic N) is 1. The van der Waals surface area contributed by atoms with Gasteiger partial charge in [0, 0.05) is 16.2 Å². The highest BCUT2D eigenvalue weighted by Gasteiger charge is 2.20. The second-order valence-electron chi connectivity index (χ2n) is 9.90. The summed E-state index contributed by atoms with van der Waals surface area (Å²) in [6, 6.07) is 23.6. The van der Waals surface area contributed by atoms with Crippen LogP contribution in [0.2, 0.25) is 0 Å². The van der Waals surface area contributed by atoms with E-state index in [-0.39, 0.29) is 17.5 Å². The Hall–Kier alpha value is -3.64. The van der Waals surface area contributed by atoms with Gasteiger partial charge in [-0.2, -0.15) is 0 Å². The lowest BCUT2D eigenvalue weighted by Crippen LogP contribution is -2.40. The van der Waals surface area contributed by atoms with E-state index in [0.29, 0.717) is 6.54 Å². The van der Waals surface area contributed by atoms with Crippen molar-refractivity contribution in [3.8, 4) is 0 Å². The van der Waals surface area contributed by atoms with E-state index in [1.807, 2.05) is 73.7 Å². The predicted octanol–water partition coefficient (Wildman–Crippen LogP) is 7.88. The Morgan fingerprint density at radius 1 is 0.946 bits per heavy atom. The first kappa shape index (κ1) is 27.9. The van der Waals surface area contributed by atoms with Crippen LogP contribution in [0.4, 0.5) is 10.5 Å². The summed E-state index contributed by atoms with van der Waals surface area (Å²) in [5.74, 6) is -0.983. The zero-order valence-electron chi connectivity index (χ0n) is 21.6. The molecule has 6 heteroatoms. The number of hydrogen-bond donors (Lipinski definition) is 2. The lowest BCUT2D eigenvalue weighted by atomic mass is 9.87. The van der Waals surface area contributed by atoms with Crippen molar-refractivity contribution in [2.75, 3.05) is 4.90 Å². The molecule has 1 unspecified atom stereocenters. The standard InChI is InChI=1S/C31H33BrN2O3/c1-22(25-13-17-27(32)18-14-25)33-30(37)34(28-19-15-26(16-20-28)31(2,3)4)21-24-11-9-23(10-12-24)7-5-6-8-29(35)36/h5-20,22H,21H2,1-4H3,(H,33,37)(H,35,36). The van der Waals surface area contributed by atoms with E-state index in [0.717, 1.165) is 32.9 Å². The van der Waals surface area contributed by atoms with Gasteiger partial charge in [0.15, 0.2) is 0 Å². The van der Waals surface area contributed by atoms with E-state index in [9.17, 15) is 9.59 Å². The van der Waals surface area contributed by atoms with Crippen LogP contribution in [-0.4, -0.2) is 17.1 Å². The van der Waals surface area contributed by atoms with Crippen molar-refractivity contribution in [2.45, 2.75) is 45.7 Å². The average Bonchev–Trinajstić information content (AvgIpc) is 2.85. The van der Waals surface area contributed by atoms with Crippen LogP contribution in [0.5, 0.6) is 0 Å². The van der Waals surface area contributed by atoms with E-state index in [2.05, 4.69) is 54.2 Å². The molecule has 0 saturated carbocycles. The van der Waals surface area contributed by atoms with Crippen LogP contribution in [0.1, 0.15) is 56.0 Å². The van der Waals surface area contributed by atoms with Gasteiger partial charge >= 0.3 is 12.0 Å². The molecular weight excluding hydrogens is 528 g/mol. The molecule has 3 rings (SSSR count). The Morgan fingerprint density at radius 3 is 2.14 bits per heavy atom. The molecule has 192 valence electrons. The van der Waals surface area contributed by atoms with Crippen molar-refractivity contribution in [3.63, 3.8) is 0 Å². The maximum absolute atomic E-state index is 13.5. The second kappa shape index (κ2) is 12.5. The zero-order chi connectivity index (χ0) is 27.0. The van der Waals surface area contributed by atoms with Crippen molar-refractivity contribution >= 4 is 39.7 Å². The average molecular weight is 562 g/mol. The molecule has 0 bridgehead atoms. The third-order valence-electron chi connectivity index (χ3n) is 5.96. The molecule has 2 N–H and O–H groups in total. The Bertz CT molecular complexity index is 1260. The molecule has 3 aromatic carbocycles. The van der Waals surface area contributed by atoms with Crippen LogP contribution < -0.4 is 10.2 Å². The van der Waals surface area contributed by atoms with Gasteiger partial charge in [-0.05, 0) is 58.9 Å². The Balaban J connectivity index is 1.82. The van der Waals surface area contributed by atoms with Gasteiger partial charge in [-0.1, -0.05) is 103 Å². The fourth-order valence-electron chi connectivity index (χ4n) is 3.74. The number of nitrogens with one attached hydrogen (secondary N) is 1. The minimum absolute atomic E-state index is 0.0186. The molecule has 0 spiro atoms. The number of urea groups is 1. The summed E-state index contributed by atoms with van der Waals surface area (Å²) in [5.41, 5.74) is 4.97. The quantitative estimate of drug-likeness (QED) is 0.217. The maximum Gasteiger partial charge on any atom is 0.328 e.